The van der Waals surface area contributed by atoms with E-state index >= 15 is 0 Å². The molecule has 0 aliphatic rings. The van der Waals surface area contributed by atoms with E-state index in [-0.39, 0.29) is 5.91 Å². The van der Waals surface area contributed by atoms with Crippen LogP contribution in [0.15, 0.2) is 18.5 Å². The summed E-state index contributed by atoms with van der Waals surface area (Å²) in [5, 5.41) is 11.8. The van der Waals surface area contributed by atoms with Gasteiger partial charge in [0, 0.05) is 18.4 Å². The first-order chi connectivity index (χ1) is 11.7. The van der Waals surface area contributed by atoms with Gasteiger partial charge in [0.15, 0.2) is 0 Å². The van der Waals surface area contributed by atoms with Gasteiger partial charge < -0.3 is 10.1 Å². The first-order valence-electron chi connectivity index (χ1n) is 7.90. The zero-order valence-corrected chi connectivity index (χ0v) is 15.1. The van der Waals surface area contributed by atoms with Crippen LogP contribution in [0.1, 0.15) is 48.0 Å². The van der Waals surface area contributed by atoms with Crippen LogP contribution in [-0.2, 0) is 11.3 Å². The van der Waals surface area contributed by atoms with E-state index in [1.807, 2.05) is 13.8 Å². The number of rotatable bonds is 4. The third-order valence-corrected chi connectivity index (χ3v) is 3.37. The lowest BCUT2D eigenvalue weighted by Gasteiger charge is -2.20. The van der Waals surface area contributed by atoms with Crippen molar-refractivity contribution < 1.29 is 14.3 Å². The molecule has 0 saturated carbocycles. The molecule has 0 fully saturated rings. The topological polar surface area (TPSA) is 109 Å². The highest BCUT2D eigenvalue weighted by Crippen LogP contribution is 2.17. The Morgan fingerprint density at radius 1 is 1.28 bits per heavy atom. The van der Waals surface area contributed by atoms with Gasteiger partial charge in [-0.1, -0.05) is 0 Å². The minimum absolute atomic E-state index is 0.219. The van der Waals surface area contributed by atoms with E-state index in [1.54, 1.807) is 26.8 Å². The molecule has 2 rings (SSSR count). The number of H-pyrrole nitrogens is 1. The van der Waals surface area contributed by atoms with Crippen LogP contribution in [0.3, 0.4) is 0 Å². The van der Waals surface area contributed by atoms with Crippen LogP contribution in [0.4, 0.5) is 10.6 Å². The van der Waals surface area contributed by atoms with Gasteiger partial charge in [0.1, 0.15) is 11.4 Å². The van der Waals surface area contributed by atoms with E-state index in [2.05, 4.69) is 25.8 Å². The van der Waals surface area contributed by atoms with E-state index in [0.717, 1.165) is 16.8 Å². The molecule has 0 atom stereocenters. The molecule has 0 aliphatic carbocycles. The zero-order chi connectivity index (χ0) is 18.6. The van der Waals surface area contributed by atoms with Gasteiger partial charge in [0.05, 0.1) is 11.8 Å². The van der Waals surface area contributed by atoms with Crippen molar-refractivity contribution >= 4 is 17.8 Å². The minimum atomic E-state index is -0.578. The second-order valence-corrected chi connectivity index (χ2v) is 6.68. The second-order valence-electron chi connectivity index (χ2n) is 6.68. The Labute approximate surface area is 146 Å². The van der Waals surface area contributed by atoms with Crippen LogP contribution >= 0.6 is 0 Å². The average Bonchev–Trinajstić information content (AvgIpc) is 2.98. The van der Waals surface area contributed by atoms with Gasteiger partial charge in [-0.3, -0.25) is 15.2 Å². The predicted molar refractivity (Wildman–Crippen MR) is 93.3 cm³/mol. The van der Waals surface area contributed by atoms with Gasteiger partial charge in [-0.15, -0.1) is 0 Å². The summed E-state index contributed by atoms with van der Waals surface area (Å²) >= 11 is 0. The Morgan fingerprint density at radius 2 is 2.00 bits per heavy atom. The smallest absolute Gasteiger partial charge is 0.413 e. The number of aryl methyl sites for hydroxylation is 2. The number of hydrogen-bond acceptors (Lipinski definition) is 5. The van der Waals surface area contributed by atoms with Crippen molar-refractivity contribution in [2.45, 2.75) is 46.8 Å². The van der Waals surface area contributed by atoms with Crippen molar-refractivity contribution in [2.24, 2.45) is 0 Å². The summed E-state index contributed by atoms with van der Waals surface area (Å²) in [5.41, 5.74) is 2.41. The lowest BCUT2D eigenvalue weighted by Crippen LogP contribution is -2.28. The fourth-order valence-electron chi connectivity index (χ4n) is 2.24. The first kappa shape index (κ1) is 18.4. The van der Waals surface area contributed by atoms with E-state index in [1.165, 1.54) is 12.4 Å². The Hall–Kier alpha value is -2.90. The number of nitrogens with one attached hydrogen (secondary N) is 3. The maximum absolute atomic E-state index is 12.0. The van der Waals surface area contributed by atoms with E-state index < -0.39 is 11.7 Å². The number of ether oxygens (including phenoxy) is 1. The third-order valence-electron chi connectivity index (χ3n) is 3.37. The highest BCUT2D eigenvalue weighted by atomic mass is 16.6. The molecule has 0 spiro atoms. The van der Waals surface area contributed by atoms with Gasteiger partial charge in [-0.05, 0) is 51.8 Å². The second kappa shape index (κ2) is 7.33. The number of hydrogen-bond donors (Lipinski definition) is 3. The first-order valence-corrected chi connectivity index (χ1v) is 7.90. The highest BCUT2D eigenvalue weighted by Gasteiger charge is 2.17. The number of aromatic amines is 1. The summed E-state index contributed by atoms with van der Waals surface area (Å²) in [4.78, 5) is 28.2. The van der Waals surface area contributed by atoms with Crippen LogP contribution in [0.25, 0.3) is 0 Å². The van der Waals surface area contributed by atoms with Crippen molar-refractivity contribution in [1.82, 2.24) is 20.5 Å². The van der Waals surface area contributed by atoms with E-state index in [0.29, 0.717) is 17.9 Å². The summed E-state index contributed by atoms with van der Waals surface area (Å²) in [7, 11) is 0. The molecule has 134 valence electrons. The fraction of sp³-hybridized carbons (Fsp3) is 0.412. The molecule has 0 saturated heterocycles. The highest BCUT2D eigenvalue weighted by molar-refractivity contribution is 5.93. The normalized spacial score (nSPS) is 11.1. The molecule has 25 heavy (non-hydrogen) atoms. The Bertz CT molecular complexity index is 740. The summed E-state index contributed by atoms with van der Waals surface area (Å²) in [6.07, 6.45) is 2.43. The Kier molecular flexibility index (Phi) is 5.41. The summed E-state index contributed by atoms with van der Waals surface area (Å²) in [5.74, 6) is 0.192. The van der Waals surface area contributed by atoms with Crippen LogP contribution in [-0.4, -0.2) is 32.8 Å². The summed E-state index contributed by atoms with van der Waals surface area (Å²) in [6, 6.07) is 1.75. The molecule has 0 aromatic carbocycles. The van der Waals surface area contributed by atoms with Gasteiger partial charge >= 0.3 is 6.09 Å². The molecule has 2 aromatic heterocycles. The maximum Gasteiger partial charge on any atom is 0.413 e. The lowest BCUT2D eigenvalue weighted by molar-refractivity contribution is 0.0635. The van der Waals surface area contributed by atoms with Gasteiger partial charge in [0.25, 0.3) is 5.91 Å². The summed E-state index contributed by atoms with van der Waals surface area (Å²) < 4.78 is 5.22. The molecule has 8 nitrogen and oxygen atoms in total. The van der Waals surface area contributed by atoms with Crippen LogP contribution in [0.2, 0.25) is 0 Å². The van der Waals surface area contributed by atoms with Crippen LogP contribution in [0.5, 0.6) is 0 Å². The number of anilines is 1. The molecule has 2 heterocycles. The lowest BCUT2D eigenvalue weighted by atomic mass is 10.1. The van der Waals surface area contributed by atoms with Gasteiger partial charge in [0.2, 0.25) is 0 Å². The molecular weight excluding hydrogens is 322 g/mol. The molecule has 0 aliphatic heterocycles. The molecule has 0 radical (unpaired) electrons. The number of carbonyl (C=O) groups is 2. The largest absolute Gasteiger partial charge is 0.444 e. The molecule has 0 unspecified atom stereocenters. The number of amides is 2. The van der Waals surface area contributed by atoms with Crippen molar-refractivity contribution in [3.63, 3.8) is 0 Å². The monoisotopic (exact) mass is 345 g/mol. The Balaban J connectivity index is 2.04. The van der Waals surface area contributed by atoms with Crippen molar-refractivity contribution in [3.8, 4) is 0 Å². The number of carbonyl (C=O) groups excluding carboxylic acids is 2. The number of nitrogens with zero attached hydrogens (tertiary/aromatic N) is 2. The van der Waals surface area contributed by atoms with Crippen molar-refractivity contribution in [1.29, 1.82) is 0 Å². The summed E-state index contributed by atoms with van der Waals surface area (Å²) in [6.45, 7) is 9.44. The third kappa shape index (κ3) is 5.30. The van der Waals surface area contributed by atoms with E-state index in [9.17, 15) is 9.59 Å². The minimum Gasteiger partial charge on any atom is -0.444 e. The van der Waals surface area contributed by atoms with Crippen molar-refractivity contribution in [3.05, 3.63) is 40.8 Å². The SMILES string of the molecule is Cc1cc(NC(=O)OC(C)(C)C)nc(C)c1CNC(=O)c1cn[nH]c1. The quantitative estimate of drug-likeness (QED) is 0.789. The number of pyridine rings is 1. The predicted octanol–water partition coefficient (Wildman–Crippen LogP) is 2.70. The standard InChI is InChI=1S/C17H23N5O3/c1-10-6-14(22-16(24)25-17(3,4)5)21-11(2)13(10)9-18-15(23)12-7-19-20-8-12/h6-8H,9H2,1-5H3,(H,18,23)(H,19,20)(H,21,22,24). The molecule has 0 bridgehead atoms. The molecule has 8 heteroatoms. The number of aromatic nitrogens is 3. The molecule has 3 N–H and O–H groups in total. The fourth-order valence-corrected chi connectivity index (χ4v) is 2.24. The molecular formula is C17H23N5O3. The average molecular weight is 345 g/mol. The van der Waals surface area contributed by atoms with E-state index in [4.69, 9.17) is 4.74 Å². The molecule has 2 aromatic rings. The maximum atomic E-state index is 12.0. The van der Waals surface area contributed by atoms with Crippen molar-refractivity contribution in [2.75, 3.05) is 5.32 Å². The van der Waals surface area contributed by atoms with Gasteiger partial charge in [-0.25, -0.2) is 9.78 Å². The van der Waals surface area contributed by atoms with Gasteiger partial charge in [-0.2, -0.15) is 5.10 Å². The zero-order valence-electron chi connectivity index (χ0n) is 15.1. The van der Waals surface area contributed by atoms with Crippen LogP contribution < -0.4 is 10.6 Å². The van der Waals surface area contributed by atoms with Crippen LogP contribution in [0, 0.1) is 13.8 Å². The Morgan fingerprint density at radius 3 is 2.56 bits per heavy atom. The molecule has 2 amide bonds.